The number of hydrogen-bond acceptors (Lipinski definition) is 2. The van der Waals surface area contributed by atoms with E-state index in [0.717, 1.165) is 12.8 Å². The van der Waals surface area contributed by atoms with Crippen LogP contribution >= 0.6 is 0 Å². The van der Waals surface area contributed by atoms with Crippen LogP contribution in [0.4, 0.5) is 0 Å². The van der Waals surface area contributed by atoms with Gasteiger partial charge in [0.1, 0.15) is 0 Å². The van der Waals surface area contributed by atoms with Crippen LogP contribution in [-0.4, -0.2) is 23.9 Å². The number of aliphatic hydroxyl groups is 1. The van der Waals surface area contributed by atoms with Crippen LogP contribution in [0.25, 0.3) is 0 Å². The molecule has 0 heterocycles. The van der Waals surface area contributed by atoms with Crippen LogP contribution in [-0.2, 0) is 4.74 Å². The van der Waals surface area contributed by atoms with Gasteiger partial charge in [0.2, 0.25) is 0 Å². The first-order valence-corrected chi connectivity index (χ1v) is 3.96. The van der Waals surface area contributed by atoms with Crippen molar-refractivity contribution in [3.05, 3.63) is 0 Å². The summed E-state index contributed by atoms with van der Waals surface area (Å²) in [5.74, 6) is 0. The topological polar surface area (TPSA) is 29.5 Å². The van der Waals surface area contributed by atoms with Gasteiger partial charge in [-0.15, -0.1) is 0 Å². The molecule has 0 spiro atoms. The quantitative estimate of drug-likeness (QED) is 0.638. The molecule has 1 N–H and O–H groups in total. The molecule has 62 valence electrons. The van der Waals surface area contributed by atoms with E-state index in [9.17, 15) is 0 Å². The van der Waals surface area contributed by atoms with Gasteiger partial charge in [0.15, 0.2) is 0 Å². The average molecular weight is 146 g/mol. The molecule has 2 atom stereocenters. The van der Waals surface area contributed by atoms with E-state index >= 15 is 0 Å². The molecule has 0 aromatic carbocycles. The Bertz CT molecular complexity index is 71.7. The van der Waals surface area contributed by atoms with Crippen molar-refractivity contribution < 1.29 is 9.84 Å². The van der Waals surface area contributed by atoms with Crippen molar-refractivity contribution in [2.45, 2.75) is 45.8 Å². The molecule has 0 fully saturated rings. The van der Waals surface area contributed by atoms with Gasteiger partial charge in [-0.2, -0.15) is 0 Å². The van der Waals surface area contributed by atoms with Crippen LogP contribution in [0.2, 0.25) is 0 Å². The van der Waals surface area contributed by atoms with Crippen LogP contribution < -0.4 is 0 Å². The normalized spacial score (nSPS) is 16.8. The third-order valence-electron chi connectivity index (χ3n) is 1.32. The minimum Gasteiger partial charge on any atom is -0.391 e. The molecule has 0 aliphatic rings. The fraction of sp³-hybridized carbons (Fsp3) is 1.00. The Morgan fingerprint density at radius 3 is 2.40 bits per heavy atom. The van der Waals surface area contributed by atoms with Gasteiger partial charge in [-0.3, -0.25) is 0 Å². The predicted octanol–water partition coefficient (Wildman–Crippen LogP) is 1.57. The molecule has 10 heavy (non-hydrogen) atoms. The van der Waals surface area contributed by atoms with E-state index in [4.69, 9.17) is 9.84 Å². The summed E-state index contributed by atoms with van der Waals surface area (Å²) < 4.78 is 5.29. The van der Waals surface area contributed by atoms with Crippen molar-refractivity contribution in [2.24, 2.45) is 0 Å². The van der Waals surface area contributed by atoms with Crippen LogP contribution in [0.1, 0.15) is 33.6 Å². The molecule has 0 saturated heterocycles. The monoisotopic (exact) mass is 146 g/mol. The summed E-state index contributed by atoms with van der Waals surface area (Å²) in [4.78, 5) is 0. The second-order valence-corrected chi connectivity index (χ2v) is 2.78. The third-order valence-corrected chi connectivity index (χ3v) is 1.32. The lowest BCUT2D eigenvalue weighted by molar-refractivity contribution is 0.00196. The molecular formula is C8H18O2. The van der Waals surface area contributed by atoms with Gasteiger partial charge < -0.3 is 9.84 Å². The van der Waals surface area contributed by atoms with E-state index in [1.165, 1.54) is 0 Å². The first-order valence-electron chi connectivity index (χ1n) is 3.96. The summed E-state index contributed by atoms with van der Waals surface area (Å²) in [6.45, 7) is 6.36. The molecule has 2 heteroatoms. The Labute approximate surface area is 63.2 Å². The van der Waals surface area contributed by atoms with Gasteiger partial charge in [0, 0.05) is 0 Å². The number of rotatable bonds is 5. The molecular weight excluding hydrogens is 128 g/mol. The van der Waals surface area contributed by atoms with Crippen LogP contribution in [0, 0.1) is 0 Å². The van der Waals surface area contributed by atoms with Gasteiger partial charge in [-0.25, -0.2) is 0 Å². The maximum absolute atomic E-state index is 8.84. The van der Waals surface area contributed by atoms with Gasteiger partial charge in [0.25, 0.3) is 0 Å². The molecule has 0 amide bonds. The van der Waals surface area contributed by atoms with Crippen molar-refractivity contribution in [1.29, 1.82) is 0 Å². The van der Waals surface area contributed by atoms with Gasteiger partial charge in [0.05, 0.1) is 18.8 Å². The smallest absolute Gasteiger partial charge is 0.0745 e. The van der Waals surface area contributed by atoms with Gasteiger partial charge >= 0.3 is 0 Å². The zero-order valence-electron chi connectivity index (χ0n) is 7.13. The largest absolute Gasteiger partial charge is 0.391 e. The average Bonchev–Trinajstić information content (AvgIpc) is 1.85. The Hall–Kier alpha value is -0.0800. The molecule has 0 radical (unpaired) electrons. The lowest BCUT2D eigenvalue weighted by atomic mass is 10.2. The Balaban J connectivity index is 3.12. The zero-order valence-corrected chi connectivity index (χ0v) is 7.13. The van der Waals surface area contributed by atoms with Crippen LogP contribution in [0.5, 0.6) is 0 Å². The molecule has 0 aliphatic heterocycles. The summed E-state index contributed by atoms with van der Waals surface area (Å²) in [6, 6.07) is 0. The summed E-state index contributed by atoms with van der Waals surface area (Å²) >= 11 is 0. The Kier molecular flexibility index (Phi) is 5.64. The molecule has 2 unspecified atom stereocenters. The van der Waals surface area contributed by atoms with Gasteiger partial charge in [-0.05, 0) is 20.3 Å². The lowest BCUT2D eigenvalue weighted by Crippen LogP contribution is -2.16. The van der Waals surface area contributed by atoms with Crippen molar-refractivity contribution in [3.63, 3.8) is 0 Å². The predicted molar refractivity (Wildman–Crippen MR) is 42.0 cm³/mol. The lowest BCUT2D eigenvalue weighted by Gasteiger charge is -2.12. The highest BCUT2D eigenvalue weighted by atomic mass is 16.5. The fourth-order valence-corrected chi connectivity index (χ4v) is 0.793. The SMILES string of the molecule is CCCC(C)OCC(C)O. The molecule has 0 aromatic heterocycles. The summed E-state index contributed by atoms with van der Waals surface area (Å²) in [5, 5.41) is 8.84. The Morgan fingerprint density at radius 2 is 2.00 bits per heavy atom. The number of hydrogen-bond donors (Lipinski definition) is 1. The van der Waals surface area contributed by atoms with E-state index in [-0.39, 0.29) is 6.10 Å². The van der Waals surface area contributed by atoms with Gasteiger partial charge in [-0.1, -0.05) is 13.3 Å². The molecule has 0 aromatic rings. The second-order valence-electron chi connectivity index (χ2n) is 2.78. The van der Waals surface area contributed by atoms with Crippen molar-refractivity contribution in [1.82, 2.24) is 0 Å². The molecule has 0 aliphatic carbocycles. The van der Waals surface area contributed by atoms with E-state index in [1.54, 1.807) is 6.92 Å². The third kappa shape index (κ3) is 6.05. The van der Waals surface area contributed by atoms with E-state index < -0.39 is 0 Å². The Morgan fingerprint density at radius 1 is 1.40 bits per heavy atom. The van der Waals surface area contributed by atoms with Crippen LogP contribution in [0.3, 0.4) is 0 Å². The highest BCUT2D eigenvalue weighted by Gasteiger charge is 2.01. The number of ether oxygens (including phenoxy) is 1. The highest BCUT2D eigenvalue weighted by molar-refractivity contribution is 4.50. The standard InChI is InChI=1S/C8H18O2/c1-4-5-8(3)10-6-7(2)9/h7-9H,4-6H2,1-3H3. The van der Waals surface area contributed by atoms with E-state index in [2.05, 4.69) is 6.92 Å². The van der Waals surface area contributed by atoms with Crippen LogP contribution in [0.15, 0.2) is 0 Å². The maximum atomic E-state index is 8.84. The zero-order chi connectivity index (χ0) is 7.98. The first kappa shape index (κ1) is 9.92. The van der Waals surface area contributed by atoms with Crippen molar-refractivity contribution in [2.75, 3.05) is 6.61 Å². The summed E-state index contributed by atoms with van der Waals surface area (Å²) in [5.41, 5.74) is 0. The van der Waals surface area contributed by atoms with E-state index in [0.29, 0.717) is 12.7 Å². The van der Waals surface area contributed by atoms with Crippen molar-refractivity contribution >= 4 is 0 Å². The number of aliphatic hydroxyl groups excluding tert-OH is 1. The molecule has 2 nitrogen and oxygen atoms in total. The summed E-state index contributed by atoms with van der Waals surface area (Å²) in [6.07, 6.45) is 2.17. The first-order chi connectivity index (χ1) is 4.66. The molecule has 0 rings (SSSR count). The molecule has 0 saturated carbocycles. The highest BCUT2D eigenvalue weighted by Crippen LogP contribution is 2.00. The fourth-order valence-electron chi connectivity index (χ4n) is 0.793. The van der Waals surface area contributed by atoms with E-state index in [1.807, 2.05) is 6.92 Å². The molecule has 0 bridgehead atoms. The minimum atomic E-state index is -0.334. The minimum absolute atomic E-state index is 0.291. The van der Waals surface area contributed by atoms with Crippen molar-refractivity contribution in [3.8, 4) is 0 Å². The summed E-state index contributed by atoms with van der Waals surface area (Å²) in [7, 11) is 0. The maximum Gasteiger partial charge on any atom is 0.0745 e. The second kappa shape index (κ2) is 5.69.